The molecule has 2 aromatic rings. The number of nitrogens with one attached hydrogen (secondary N) is 1. The number of fused-ring (bicyclic) bond motifs is 4. The normalized spacial score (nSPS) is 32.8. The van der Waals surface area contributed by atoms with Gasteiger partial charge in [-0.1, -0.05) is 0 Å². The van der Waals surface area contributed by atoms with E-state index >= 15 is 4.39 Å². The van der Waals surface area contributed by atoms with Gasteiger partial charge in [-0.2, -0.15) is 9.97 Å². The molecule has 8 rings (SSSR count). The van der Waals surface area contributed by atoms with Crippen molar-refractivity contribution in [3.8, 4) is 6.01 Å². The van der Waals surface area contributed by atoms with E-state index in [1.54, 1.807) is 6.07 Å². The second kappa shape index (κ2) is 9.74. The smallest absolute Gasteiger partial charge is 0.318 e. The minimum atomic E-state index is -0.814. The molecule has 8 nitrogen and oxygen atoms in total. The quantitative estimate of drug-likeness (QED) is 0.506. The number of anilines is 2. The molecule has 0 spiro atoms. The minimum Gasteiger partial charge on any atom is -0.461 e. The van der Waals surface area contributed by atoms with Gasteiger partial charge in [0.2, 0.25) is 0 Å². The van der Waals surface area contributed by atoms with Gasteiger partial charge in [0.25, 0.3) is 0 Å². The van der Waals surface area contributed by atoms with E-state index in [0.717, 1.165) is 86.4 Å². The van der Waals surface area contributed by atoms with E-state index in [1.165, 1.54) is 0 Å². The van der Waals surface area contributed by atoms with Crippen molar-refractivity contribution in [1.29, 1.82) is 0 Å². The SMILES string of the molecule is Cc1cc(N)c(F)c(C2Cc3nc(OCC45CCCN4CC(F)C5)nc(N4CC5CCC(C4)N5)c3CO2)c1C1CC1. The molecule has 1 saturated carbocycles. The molecule has 3 N–H and O–H groups in total. The highest BCUT2D eigenvalue weighted by Gasteiger charge is 2.49. The Morgan fingerprint density at radius 2 is 1.95 bits per heavy atom. The van der Waals surface area contributed by atoms with Crippen LogP contribution in [-0.2, 0) is 17.8 Å². The molecule has 5 atom stereocenters. The molecule has 5 fully saturated rings. The fraction of sp³-hybridized carbons (Fsp3) is 0.677. The largest absolute Gasteiger partial charge is 0.461 e. The molecule has 5 aliphatic heterocycles. The first kappa shape index (κ1) is 26.1. The van der Waals surface area contributed by atoms with Crippen LogP contribution in [0.25, 0.3) is 0 Å². The van der Waals surface area contributed by atoms with Gasteiger partial charge in [0.1, 0.15) is 18.6 Å². The zero-order chi connectivity index (χ0) is 27.9. The molecule has 6 heterocycles. The number of aromatic nitrogens is 2. The van der Waals surface area contributed by atoms with Crippen molar-refractivity contribution in [2.45, 2.75) is 101 Å². The van der Waals surface area contributed by atoms with E-state index in [9.17, 15) is 4.39 Å². The molecule has 10 heteroatoms. The Morgan fingerprint density at radius 1 is 1.15 bits per heavy atom. The van der Waals surface area contributed by atoms with Crippen LogP contribution in [-0.4, -0.2) is 71.4 Å². The minimum absolute atomic E-state index is 0.170. The molecule has 5 unspecified atom stereocenters. The number of nitrogens with zero attached hydrogens (tertiary/aromatic N) is 4. The Labute approximate surface area is 240 Å². The number of aryl methyl sites for hydroxylation is 1. The Bertz CT molecular complexity index is 1360. The van der Waals surface area contributed by atoms with E-state index in [2.05, 4.69) is 15.1 Å². The molecular formula is C31H40F2N6O2. The summed E-state index contributed by atoms with van der Waals surface area (Å²) in [6.45, 7) is 5.86. The third-order valence-corrected chi connectivity index (χ3v) is 10.5. The van der Waals surface area contributed by atoms with Crippen LogP contribution in [0.5, 0.6) is 6.01 Å². The Hall–Kier alpha value is -2.56. The van der Waals surface area contributed by atoms with Crippen LogP contribution < -0.4 is 20.7 Å². The molecular weight excluding hydrogens is 526 g/mol. The van der Waals surface area contributed by atoms with Gasteiger partial charge in [0.05, 0.1) is 29.6 Å². The van der Waals surface area contributed by atoms with Crippen molar-refractivity contribution in [2.24, 2.45) is 0 Å². The zero-order valence-electron chi connectivity index (χ0n) is 23.8. The summed E-state index contributed by atoms with van der Waals surface area (Å²) in [5.74, 6) is 0.863. The van der Waals surface area contributed by atoms with Crippen molar-refractivity contribution >= 4 is 11.5 Å². The van der Waals surface area contributed by atoms with Crippen LogP contribution in [0.2, 0.25) is 0 Å². The fourth-order valence-corrected chi connectivity index (χ4v) is 8.45. The molecule has 0 amide bonds. The zero-order valence-corrected chi connectivity index (χ0v) is 23.8. The predicted molar refractivity (Wildman–Crippen MR) is 151 cm³/mol. The Kier molecular flexibility index (Phi) is 6.20. The standard InChI is InChI=1S/C31H40F2N6O2/c1-17-9-23(34)28(33)27(26(17)18-3-4-18)25-10-24-22(15-40-25)29(38-13-20-5-6-21(14-38)35-20)37-30(36-24)41-16-31-7-2-8-39(31)12-19(32)11-31/h9,18-21,25,35H,2-8,10-16,34H2,1H3. The molecule has 6 aliphatic rings. The average Bonchev–Trinajstić information content (AvgIpc) is 3.53. The van der Waals surface area contributed by atoms with E-state index in [-0.39, 0.29) is 17.0 Å². The number of hydrogen-bond acceptors (Lipinski definition) is 8. The van der Waals surface area contributed by atoms with Crippen molar-refractivity contribution in [3.05, 3.63) is 39.8 Å². The van der Waals surface area contributed by atoms with Gasteiger partial charge in [0.15, 0.2) is 5.82 Å². The first-order valence-electron chi connectivity index (χ1n) is 15.5. The summed E-state index contributed by atoms with van der Waals surface area (Å²) in [4.78, 5) is 14.5. The highest BCUT2D eigenvalue weighted by atomic mass is 19.1. The van der Waals surface area contributed by atoms with E-state index in [0.29, 0.717) is 62.2 Å². The summed E-state index contributed by atoms with van der Waals surface area (Å²) < 4.78 is 42.9. The lowest BCUT2D eigenvalue weighted by molar-refractivity contribution is 0.0226. The number of piperazine rings is 1. The molecule has 1 aromatic heterocycles. The van der Waals surface area contributed by atoms with Crippen LogP contribution in [0.15, 0.2) is 6.07 Å². The van der Waals surface area contributed by atoms with Crippen LogP contribution in [0, 0.1) is 12.7 Å². The van der Waals surface area contributed by atoms with Gasteiger partial charge < -0.3 is 25.4 Å². The van der Waals surface area contributed by atoms with E-state index in [4.69, 9.17) is 25.2 Å². The Balaban J connectivity index is 1.14. The van der Waals surface area contributed by atoms with Crippen molar-refractivity contribution in [1.82, 2.24) is 20.2 Å². The third-order valence-electron chi connectivity index (χ3n) is 10.5. The number of benzene rings is 1. The number of halogens is 2. The monoisotopic (exact) mass is 566 g/mol. The van der Waals surface area contributed by atoms with Gasteiger partial charge in [0, 0.05) is 55.7 Å². The van der Waals surface area contributed by atoms with Crippen molar-refractivity contribution < 1.29 is 18.3 Å². The number of ether oxygens (including phenoxy) is 2. The number of alkyl halides is 1. The Morgan fingerprint density at radius 3 is 2.73 bits per heavy atom. The van der Waals surface area contributed by atoms with Crippen molar-refractivity contribution in [3.63, 3.8) is 0 Å². The maximum Gasteiger partial charge on any atom is 0.318 e. The lowest BCUT2D eigenvalue weighted by Crippen LogP contribution is -2.52. The van der Waals surface area contributed by atoms with Gasteiger partial charge >= 0.3 is 6.01 Å². The predicted octanol–water partition coefficient (Wildman–Crippen LogP) is 4.09. The number of nitrogens with two attached hydrogens (primary N) is 1. The van der Waals surface area contributed by atoms with Crippen molar-refractivity contribution in [2.75, 3.05) is 43.4 Å². The molecule has 1 aliphatic carbocycles. The van der Waals surface area contributed by atoms with Gasteiger partial charge in [-0.25, -0.2) is 8.78 Å². The van der Waals surface area contributed by atoms with Crippen LogP contribution in [0.1, 0.15) is 84.9 Å². The number of rotatable bonds is 6. The van der Waals surface area contributed by atoms with Gasteiger partial charge in [-0.05, 0) is 75.1 Å². The summed E-state index contributed by atoms with van der Waals surface area (Å²) in [5, 5.41) is 3.70. The second-order valence-corrected chi connectivity index (χ2v) is 13.4. The number of hydrogen-bond donors (Lipinski definition) is 2. The molecule has 4 saturated heterocycles. The van der Waals surface area contributed by atoms with Gasteiger partial charge in [-0.3, -0.25) is 4.90 Å². The highest BCUT2D eigenvalue weighted by molar-refractivity contribution is 5.56. The molecule has 220 valence electrons. The summed E-state index contributed by atoms with van der Waals surface area (Å²) in [6.07, 6.45) is 6.09. The fourth-order valence-electron chi connectivity index (χ4n) is 8.45. The average molecular weight is 567 g/mol. The van der Waals surface area contributed by atoms with Crippen LogP contribution in [0.4, 0.5) is 20.3 Å². The summed E-state index contributed by atoms with van der Waals surface area (Å²) >= 11 is 0. The number of nitrogen functional groups attached to an aromatic ring is 1. The summed E-state index contributed by atoms with van der Waals surface area (Å²) in [5.41, 5.74) is 10.5. The first-order chi connectivity index (χ1) is 19.9. The third kappa shape index (κ3) is 4.48. The van der Waals surface area contributed by atoms with E-state index < -0.39 is 12.3 Å². The molecule has 0 radical (unpaired) electrons. The van der Waals surface area contributed by atoms with E-state index in [1.807, 2.05) is 6.92 Å². The highest BCUT2D eigenvalue weighted by Crippen LogP contribution is 2.49. The topological polar surface area (TPSA) is 88.8 Å². The maximum absolute atomic E-state index is 15.7. The second-order valence-electron chi connectivity index (χ2n) is 13.4. The first-order valence-corrected chi connectivity index (χ1v) is 15.5. The van der Waals surface area contributed by atoms with Crippen LogP contribution in [0.3, 0.4) is 0 Å². The molecule has 2 bridgehead atoms. The lowest BCUT2D eigenvalue weighted by Gasteiger charge is -2.37. The maximum atomic E-state index is 15.7. The van der Waals surface area contributed by atoms with Gasteiger partial charge in [-0.15, -0.1) is 0 Å². The summed E-state index contributed by atoms with van der Waals surface area (Å²) in [7, 11) is 0. The molecule has 1 aromatic carbocycles. The summed E-state index contributed by atoms with van der Waals surface area (Å²) in [6, 6.07) is 2.97. The lowest BCUT2D eigenvalue weighted by atomic mass is 9.89. The van der Waals surface area contributed by atoms with Crippen LogP contribution >= 0.6 is 0 Å². The molecule has 41 heavy (non-hydrogen) atoms.